The van der Waals surface area contributed by atoms with Gasteiger partial charge in [-0.25, -0.2) is 4.79 Å². The average molecular weight is 437 g/mol. The number of hydrogen-bond donors (Lipinski definition) is 1. The summed E-state index contributed by atoms with van der Waals surface area (Å²) in [7, 11) is 0. The number of hydrogen-bond acceptors (Lipinski definition) is 4. The summed E-state index contributed by atoms with van der Waals surface area (Å²) < 4.78 is 4.52. The normalized spacial score (nSPS) is 11.7. The summed E-state index contributed by atoms with van der Waals surface area (Å²) in [6, 6.07) is 0. The first-order valence-electron chi connectivity index (χ1n) is 12.5. The maximum Gasteiger partial charge on any atom is 1.00 e. The van der Waals surface area contributed by atoms with Gasteiger partial charge in [0.1, 0.15) is 6.10 Å². The molecule has 0 aliphatic rings. The van der Waals surface area contributed by atoms with Gasteiger partial charge in [-0.05, 0) is 13.3 Å². The molecule has 0 rings (SSSR count). The van der Waals surface area contributed by atoms with Crippen molar-refractivity contribution in [3.8, 4) is 0 Å². The third kappa shape index (κ3) is 24.4. The minimum absolute atomic E-state index is 0. The van der Waals surface area contributed by atoms with Gasteiger partial charge >= 0.3 is 41.5 Å². The molecule has 174 valence electrons. The summed E-state index contributed by atoms with van der Waals surface area (Å²) in [5, 5.41) is 8.98. The van der Waals surface area contributed by atoms with Crippen LogP contribution in [0, 0.1) is 0 Å². The number of carbonyl (C=O) groups is 2. The van der Waals surface area contributed by atoms with E-state index in [0.717, 1.165) is 19.3 Å². The van der Waals surface area contributed by atoms with Crippen molar-refractivity contribution in [2.24, 2.45) is 0 Å². The molecule has 0 bridgehead atoms. The van der Waals surface area contributed by atoms with E-state index in [2.05, 4.69) is 11.7 Å². The molecule has 5 heteroatoms. The Hall–Kier alpha value is 0.1000. The second kappa shape index (κ2) is 25.4. The molecule has 0 spiro atoms. The number of carbonyl (C=O) groups excluding carboxylic acids is 2. The van der Waals surface area contributed by atoms with Crippen LogP contribution in [-0.4, -0.2) is 23.1 Å². The fourth-order valence-electron chi connectivity index (χ4n) is 3.60. The molecule has 0 amide bonds. The van der Waals surface area contributed by atoms with Crippen LogP contribution in [0.15, 0.2) is 0 Å². The summed E-state index contributed by atoms with van der Waals surface area (Å²) in [6.07, 6.45) is 24.0. The molecule has 0 saturated heterocycles. The number of rotatable bonds is 21. The first-order chi connectivity index (χ1) is 14.1. The van der Waals surface area contributed by atoms with Gasteiger partial charge in [-0.15, -0.1) is 0 Å². The van der Waals surface area contributed by atoms with Gasteiger partial charge in [0.05, 0.1) is 0 Å². The van der Waals surface area contributed by atoms with Crippen LogP contribution in [0.3, 0.4) is 0 Å². The summed E-state index contributed by atoms with van der Waals surface area (Å²) in [5.41, 5.74) is 0. The van der Waals surface area contributed by atoms with Crippen LogP contribution < -0.4 is 29.6 Å². The van der Waals surface area contributed by atoms with Gasteiger partial charge in [0.2, 0.25) is 0 Å². The minimum atomic E-state index is -1.23. The Bertz CT molecular complexity index is 392. The van der Waals surface area contributed by atoms with Gasteiger partial charge < -0.3 is 11.3 Å². The van der Waals surface area contributed by atoms with Crippen LogP contribution in [0.4, 0.5) is 0 Å². The van der Waals surface area contributed by atoms with E-state index in [1.54, 1.807) is 0 Å². The zero-order valence-corrected chi connectivity index (χ0v) is 22.4. The van der Waals surface area contributed by atoms with E-state index in [-0.39, 0.29) is 37.4 Å². The Morgan fingerprint density at radius 1 is 0.667 bits per heavy atom. The predicted octanol–water partition coefficient (Wildman–Crippen LogP) is 4.38. The largest absolute Gasteiger partial charge is 1.00 e. The van der Waals surface area contributed by atoms with Crippen LogP contribution in [0.2, 0.25) is 0 Å². The molecule has 0 aliphatic carbocycles. The molecule has 0 aromatic heterocycles. The van der Waals surface area contributed by atoms with Crippen molar-refractivity contribution in [1.29, 1.82) is 0 Å². The van der Waals surface area contributed by atoms with Crippen LogP contribution in [-0.2, 0) is 14.3 Å². The monoisotopic (exact) mass is 436 g/mol. The Morgan fingerprint density at radius 3 is 1.27 bits per heavy atom. The Morgan fingerprint density at radius 2 is 0.967 bits per heavy atom. The summed E-state index contributed by atoms with van der Waals surface area (Å²) in [6.45, 7) is 3.57. The quantitative estimate of drug-likeness (QED) is 0.126. The molecule has 4 nitrogen and oxygen atoms in total. The van der Waals surface area contributed by atoms with Crippen molar-refractivity contribution in [3.63, 3.8) is 0 Å². The molecule has 0 saturated carbocycles. The maximum atomic E-state index is 11.4. The van der Waals surface area contributed by atoms with E-state index in [9.17, 15) is 9.59 Å². The first kappa shape index (κ1) is 32.3. The molecule has 1 atom stereocenters. The summed E-state index contributed by atoms with van der Waals surface area (Å²) in [5.74, 6) is -1.38. The fraction of sp³-hybridized carbons (Fsp3) is 0.920. The van der Waals surface area contributed by atoms with Gasteiger partial charge in [0, 0.05) is 6.42 Å². The average Bonchev–Trinajstić information content (AvgIpc) is 2.69. The molecule has 0 aromatic carbocycles. The van der Waals surface area contributed by atoms with E-state index in [1.807, 2.05) is 0 Å². The van der Waals surface area contributed by atoms with Gasteiger partial charge in [-0.1, -0.05) is 122 Å². The number of ether oxygens (including phenoxy) is 1. The third-order valence-electron chi connectivity index (χ3n) is 5.54. The number of aliphatic hydroxyl groups is 1. The molecule has 0 radical (unpaired) electrons. The van der Waals surface area contributed by atoms with E-state index >= 15 is 0 Å². The van der Waals surface area contributed by atoms with Crippen LogP contribution in [0.5, 0.6) is 0 Å². The standard InChI is InChI=1S/C25H48O4.Na.H/c1-3-4-5-6-7-8-9-10-11-12-13-14-15-16-17-18-19-20-21-22-24(27)29-25(28)23(2)26;;/h23,26H,3-22H2,1-2H3;;/q;+1;-1. The van der Waals surface area contributed by atoms with Gasteiger partial charge in [-0.2, -0.15) is 0 Å². The van der Waals surface area contributed by atoms with Crippen molar-refractivity contribution in [1.82, 2.24) is 0 Å². The van der Waals surface area contributed by atoms with Crippen molar-refractivity contribution in [2.75, 3.05) is 0 Å². The maximum absolute atomic E-state index is 11.4. The van der Waals surface area contributed by atoms with Crippen LogP contribution >= 0.6 is 0 Å². The molecular weight excluding hydrogens is 387 g/mol. The van der Waals surface area contributed by atoms with Crippen LogP contribution in [0.1, 0.15) is 144 Å². The molecule has 30 heavy (non-hydrogen) atoms. The Kier molecular flexibility index (Phi) is 27.3. The number of aliphatic hydroxyl groups excluding tert-OH is 1. The van der Waals surface area contributed by atoms with Crippen molar-refractivity contribution in [3.05, 3.63) is 0 Å². The third-order valence-corrected chi connectivity index (χ3v) is 5.54. The van der Waals surface area contributed by atoms with Crippen molar-refractivity contribution >= 4 is 11.9 Å². The minimum Gasteiger partial charge on any atom is -1.00 e. The molecule has 0 aliphatic heterocycles. The van der Waals surface area contributed by atoms with Crippen LogP contribution in [0.25, 0.3) is 0 Å². The topological polar surface area (TPSA) is 63.6 Å². The Labute approximate surface area is 210 Å². The number of unbranched alkanes of at least 4 members (excludes halogenated alkanes) is 18. The fourth-order valence-corrected chi connectivity index (χ4v) is 3.60. The second-order valence-electron chi connectivity index (χ2n) is 8.58. The zero-order chi connectivity index (χ0) is 21.6. The van der Waals surface area contributed by atoms with Crippen molar-refractivity contribution in [2.45, 2.75) is 148 Å². The molecular formula is C25H49NaO4. The van der Waals surface area contributed by atoms with E-state index < -0.39 is 18.0 Å². The molecule has 0 heterocycles. The predicted molar refractivity (Wildman–Crippen MR) is 122 cm³/mol. The second-order valence-corrected chi connectivity index (χ2v) is 8.58. The molecule has 0 fully saturated rings. The van der Waals surface area contributed by atoms with E-state index in [0.29, 0.717) is 0 Å². The number of esters is 2. The SMILES string of the molecule is CCCCCCCCCCCCCCCCCCCCCC(=O)OC(=O)C(C)O.[H-].[Na+]. The van der Waals surface area contributed by atoms with Gasteiger partial charge in [0.15, 0.2) is 0 Å². The summed E-state index contributed by atoms with van der Waals surface area (Å²) >= 11 is 0. The zero-order valence-electron chi connectivity index (χ0n) is 21.4. The van der Waals surface area contributed by atoms with Gasteiger partial charge in [0.25, 0.3) is 0 Å². The molecule has 1 unspecified atom stereocenters. The van der Waals surface area contributed by atoms with E-state index in [1.165, 1.54) is 110 Å². The summed E-state index contributed by atoms with van der Waals surface area (Å²) in [4.78, 5) is 22.4. The van der Waals surface area contributed by atoms with Gasteiger partial charge in [-0.3, -0.25) is 4.79 Å². The Balaban J connectivity index is -0.00000392. The first-order valence-corrected chi connectivity index (χ1v) is 12.5. The smallest absolute Gasteiger partial charge is 1.00 e. The van der Waals surface area contributed by atoms with Crippen molar-refractivity contribution < 1.29 is 50.4 Å². The molecule has 0 aromatic rings. The van der Waals surface area contributed by atoms with E-state index in [4.69, 9.17) is 5.11 Å². The molecule has 1 N–H and O–H groups in total.